The minimum Gasteiger partial charge on any atom is -0.511 e. The van der Waals surface area contributed by atoms with Crippen LogP contribution in [-0.4, -0.2) is 17.4 Å². The molecule has 0 aliphatic heterocycles. The van der Waals surface area contributed by atoms with Crippen LogP contribution in [0.15, 0.2) is 18.2 Å². The summed E-state index contributed by atoms with van der Waals surface area (Å²) < 4.78 is 77.9. The Labute approximate surface area is 96.8 Å². The molecular formula is C8H5BF6O3. The topological polar surface area (TPSA) is 49.7 Å². The molecule has 18 heavy (non-hydrogen) atoms. The molecule has 0 fully saturated rings. The van der Waals surface area contributed by atoms with Gasteiger partial charge in [-0.25, -0.2) is 0 Å². The molecule has 10 heteroatoms. The Morgan fingerprint density at radius 3 is 1.89 bits per heavy atom. The van der Waals surface area contributed by atoms with E-state index in [9.17, 15) is 26.3 Å². The fraction of sp³-hybridized carbons (Fsp3) is 0.250. The van der Waals surface area contributed by atoms with E-state index in [0.717, 1.165) is 0 Å². The van der Waals surface area contributed by atoms with Crippen molar-refractivity contribution >= 4 is 7.32 Å². The van der Waals surface area contributed by atoms with Crippen LogP contribution < -0.4 is 4.65 Å². The van der Waals surface area contributed by atoms with Crippen molar-refractivity contribution in [2.24, 2.45) is 0 Å². The second kappa shape index (κ2) is 4.69. The van der Waals surface area contributed by atoms with Crippen molar-refractivity contribution < 1.29 is 41.0 Å². The van der Waals surface area contributed by atoms with Gasteiger partial charge < -0.3 is 14.7 Å². The normalized spacial score (nSPS) is 12.4. The number of halogens is 6. The lowest BCUT2D eigenvalue weighted by Crippen LogP contribution is -2.23. The van der Waals surface area contributed by atoms with Crippen molar-refractivity contribution in [3.63, 3.8) is 0 Å². The average molecular weight is 274 g/mol. The first-order valence-corrected chi connectivity index (χ1v) is 4.33. The Bertz CT molecular complexity index is 428. The molecule has 0 bridgehead atoms. The first kappa shape index (κ1) is 14.6. The SMILES string of the molecule is OB(O)Oc1cc(C(F)(F)F)ccc1C(F)(F)F. The monoisotopic (exact) mass is 274 g/mol. The molecule has 1 aromatic carbocycles. The summed E-state index contributed by atoms with van der Waals surface area (Å²) in [6, 6.07) is 0.419. The Balaban J connectivity index is 3.30. The van der Waals surface area contributed by atoms with E-state index in [1.54, 1.807) is 0 Å². The van der Waals surface area contributed by atoms with Crippen LogP contribution in [0.3, 0.4) is 0 Å². The maximum Gasteiger partial charge on any atom is 0.707 e. The fourth-order valence-corrected chi connectivity index (χ4v) is 1.14. The maximum absolute atomic E-state index is 12.4. The molecular weight excluding hydrogens is 269 g/mol. The number of alkyl halides is 6. The van der Waals surface area contributed by atoms with Gasteiger partial charge in [-0.15, -0.1) is 0 Å². The summed E-state index contributed by atoms with van der Waals surface area (Å²) in [4.78, 5) is 0. The van der Waals surface area contributed by atoms with Crippen LogP contribution >= 0.6 is 0 Å². The largest absolute Gasteiger partial charge is 0.707 e. The van der Waals surface area contributed by atoms with Crippen LogP contribution in [0.4, 0.5) is 26.3 Å². The Morgan fingerprint density at radius 2 is 1.50 bits per heavy atom. The third-order valence-electron chi connectivity index (χ3n) is 1.85. The molecule has 0 spiro atoms. The summed E-state index contributed by atoms with van der Waals surface area (Å²) >= 11 is 0. The smallest absolute Gasteiger partial charge is 0.511 e. The molecule has 0 aliphatic carbocycles. The van der Waals surface area contributed by atoms with Crippen molar-refractivity contribution in [2.75, 3.05) is 0 Å². The van der Waals surface area contributed by atoms with Gasteiger partial charge >= 0.3 is 19.7 Å². The lowest BCUT2D eigenvalue weighted by Gasteiger charge is -2.16. The summed E-state index contributed by atoms with van der Waals surface area (Å²) in [5.74, 6) is -1.31. The standard InChI is InChI=1S/C8H5BF6O3/c10-7(11,12)4-1-2-5(8(13,14)15)6(3-4)18-9(16)17/h1-3,16-17H. The molecule has 0 radical (unpaired) electrons. The lowest BCUT2D eigenvalue weighted by atomic mass is 10.1. The number of hydrogen-bond acceptors (Lipinski definition) is 3. The van der Waals surface area contributed by atoms with Crippen LogP contribution in [0.2, 0.25) is 0 Å². The molecule has 0 amide bonds. The molecule has 0 aliphatic rings. The van der Waals surface area contributed by atoms with Crippen molar-refractivity contribution in [1.82, 2.24) is 0 Å². The molecule has 0 heterocycles. The fourth-order valence-electron chi connectivity index (χ4n) is 1.14. The second-order valence-corrected chi connectivity index (χ2v) is 3.15. The average Bonchev–Trinajstić information content (AvgIpc) is 2.13. The highest BCUT2D eigenvalue weighted by atomic mass is 19.4. The molecule has 2 N–H and O–H groups in total. The molecule has 1 aromatic rings. The van der Waals surface area contributed by atoms with Gasteiger partial charge in [0.25, 0.3) is 0 Å². The first-order valence-electron chi connectivity index (χ1n) is 4.33. The van der Waals surface area contributed by atoms with Crippen molar-refractivity contribution in [1.29, 1.82) is 0 Å². The molecule has 0 saturated heterocycles. The van der Waals surface area contributed by atoms with Crippen LogP contribution in [0.1, 0.15) is 11.1 Å². The zero-order valence-electron chi connectivity index (χ0n) is 8.38. The quantitative estimate of drug-likeness (QED) is 0.641. The van der Waals surface area contributed by atoms with Gasteiger partial charge in [0.05, 0.1) is 11.1 Å². The van der Waals surface area contributed by atoms with Gasteiger partial charge in [0.1, 0.15) is 5.75 Å². The number of hydrogen-bond donors (Lipinski definition) is 2. The summed E-state index contributed by atoms with van der Waals surface area (Å²) in [6.07, 6.45) is -9.85. The molecule has 0 saturated carbocycles. The van der Waals surface area contributed by atoms with E-state index in [2.05, 4.69) is 4.65 Å². The molecule has 1 rings (SSSR count). The molecule has 100 valence electrons. The summed E-state index contributed by atoms with van der Waals surface area (Å²) in [5.41, 5.74) is -2.94. The van der Waals surface area contributed by atoms with E-state index in [1.807, 2.05) is 0 Å². The number of benzene rings is 1. The van der Waals surface area contributed by atoms with Gasteiger partial charge in [0.15, 0.2) is 0 Å². The van der Waals surface area contributed by atoms with Crippen LogP contribution in [0.5, 0.6) is 5.75 Å². The van der Waals surface area contributed by atoms with Crippen molar-refractivity contribution in [3.8, 4) is 5.75 Å². The highest BCUT2D eigenvalue weighted by Gasteiger charge is 2.38. The summed E-state index contributed by atoms with van der Waals surface area (Å²) in [7, 11) is -2.66. The summed E-state index contributed by atoms with van der Waals surface area (Å²) in [5, 5.41) is 16.7. The van der Waals surface area contributed by atoms with Gasteiger partial charge in [-0.05, 0) is 18.2 Å². The molecule has 0 aromatic heterocycles. The van der Waals surface area contributed by atoms with Gasteiger partial charge in [-0.3, -0.25) is 0 Å². The Morgan fingerprint density at radius 1 is 0.944 bits per heavy atom. The molecule has 3 nitrogen and oxygen atoms in total. The van der Waals surface area contributed by atoms with Crippen LogP contribution in [0.25, 0.3) is 0 Å². The third-order valence-corrected chi connectivity index (χ3v) is 1.85. The van der Waals surface area contributed by atoms with Crippen molar-refractivity contribution in [2.45, 2.75) is 12.4 Å². The highest BCUT2D eigenvalue weighted by Crippen LogP contribution is 2.40. The summed E-state index contributed by atoms with van der Waals surface area (Å²) in [6.45, 7) is 0. The second-order valence-electron chi connectivity index (χ2n) is 3.15. The predicted octanol–water partition coefficient (Wildman–Crippen LogP) is 2.07. The zero-order chi connectivity index (χ0) is 14.1. The zero-order valence-corrected chi connectivity index (χ0v) is 8.38. The third kappa shape index (κ3) is 3.54. The molecule has 0 unspecified atom stereocenters. The molecule has 0 atom stereocenters. The van der Waals surface area contributed by atoms with E-state index in [1.165, 1.54) is 0 Å². The van der Waals surface area contributed by atoms with E-state index < -0.39 is 36.6 Å². The van der Waals surface area contributed by atoms with Crippen LogP contribution in [0, 0.1) is 0 Å². The van der Waals surface area contributed by atoms with Gasteiger partial charge in [-0.2, -0.15) is 26.3 Å². The van der Waals surface area contributed by atoms with Crippen molar-refractivity contribution in [3.05, 3.63) is 29.3 Å². The van der Waals surface area contributed by atoms with E-state index in [0.29, 0.717) is 0 Å². The van der Waals surface area contributed by atoms with Gasteiger partial charge in [0, 0.05) is 0 Å². The number of rotatable bonds is 2. The maximum atomic E-state index is 12.4. The predicted molar refractivity (Wildman–Crippen MR) is 47.3 cm³/mol. The Hall–Kier alpha value is -1.42. The van der Waals surface area contributed by atoms with E-state index in [-0.39, 0.29) is 18.2 Å². The Kier molecular flexibility index (Phi) is 3.82. The highest BCUT2D eigenvalue weighted by molar-refractivity contribution is 6.33. The van der Waals surface area contributed by atoms with E-state index in [4.69, 9.17) is 10.0 Å². The lowest BCUT2D eigenvalue weighted by molar-refractivity contribution is -0.142. The minimum atomic E-state index is -4.98. The van der Waals surface area contributed by atoms with Gasteiger partial charge in [-0.1, -0.05) is 0 Å². The van der Waals surface area contributed by atoms with Gasteiger partial charge in [0.2, 0.25) is 0 Å². The first-order chi connectivity index (χ1) is 8.01. The van der Waals surface area contributed by atoms with E-state index >= 15 is 0 Å². The minimum absolute atomic E-state index is 0.0439. The van der Waals surface area contributed by atoms with Crippen LogP contribution in [-0.2, 0) is 12.4 Å².